The van der Waals surface area contributed by atoms with Gasteiger partial charge in [0.15, 0.2) is 0 Å². The highest BCUT2D eigenvalue weighted by Crippen LogP contribution is 2.14. The van der Waals surface area contributed by atoms with Crippen LogP contribution in [0.15, 0.2) is 12.3 Å². The zero-order chi connectivity index (χ0) is 11.3. The first-order valence-corrected chi connectivity index (χ1v) is 4.53. The Hall–Kier alpha value is -2.09. The lowest BCUT2D eigenvalue weighted by Crippen LogP contribution is -2.16. The summed E-state index contributed by atoms with van der Waals surface area (Å²) in [4.78, 5) is 14.5. The van der Waals surface area contributed by atoms with E-state index in [0.29, 0.717) is 17.9 Å². The number of pyridine rings is 1. The normalized spacial score (nSPS) is 9.33. The molecule has 0 aliphatic carbocycles. The number of nitrogens with zero attached hydrogens (tertiary/aromatic N) is 2. The van der Waals surface area contributed by atoms with Gasteiger partial charge >= 0.3 is 0 Å². The average Bonchev–Trinajstić information content (AvgIpc) is 2.17. The summed E-state index contributed by atoms with van der Waals surface area (Å²) >= 11 is 0. The Morgan fingerprint density at radius 3 is 3.07 bits per heavy atom. The molecule has 3 N–H and O–H groups in total. The van der Waals surface area contributed by atoms with Crippen molar-refractivity contribution in [1.82, 2.24) is 4.98 Å². The van der Waals surface area contributed by atoms with Gasteiger partial charge in [0.25, 0.3) is 0 Å². The van der Waals surface area contributed by atoms with Crippen molar-refractivity contribution in [2.45, 2.75) is 13.3 Å². The second-order valence-corrected chi connectivity index (χ2v) is 3.11. The number of primary amides is 1. The van der Waals surface area contributed by atoms with Crippen molar-refractivity contribution >= 4 is 11.7 Å². The number of rotatable bonds is 4. The number of nitriles is 1. The van der Waals surface area contributed by atoms with Crippen LogP contribution in [-0.2, 0) is 4.79 Å². The molecule has 5 heteroatoms. The van der Waals surface area contributed by atoms with E-state index in [1.165, 1.54) is 0 Å². The Morgan fingerprint density at radius 2 is 2.47 bits per heavy atom. The average molecular weight is 204 g/mol. The topological polar surface area (TPSA) is 91.8 Å². The highest BCUT2D eigenvalue weighted by atomic mass is 16.1. The molecule has 0 atom stereocenters. The quantitative estimate of drug-likeness (QED) is 0.749. The first-order chi connectivity index (χ1) is 7.15. The third kappa shape index (κ3) is 2.95. The van der Waals surface area contributed by atoms with Crippen LogP contribution in [0.3, 0.4) is 0 Å². The Balaban J connectivity index is 2.73. The lowest BCUT2D eigenvalue weighted by molar-refractivity contribution is -0.117. The maximum Gasteiger partial charge on any atom is 0.219 e. The number of anilines is 1. The molecule has 78 valence electrons. The lowest BCUT2D eigenvalue weighted by Gasteiger charge is -2.06. The number of hydrogen-bond donors (Lipinski definition) is 2. The van der Waals surface area contributed by atoms with E-state index in [2.05, 4.69) is 16.4 Å². The minimum Gasteiger partial charge on any atom is -0.370 e. The molecule has 0 unspecified atom stereocenters. The zero-order valence-corrected chi connectivity index (χ0v) is 8.45. The van der Waals surface area contributed by atoms with Gasteiger partial charge in [-0.3, -0.25) is 4.79 Å². The number of aromatic nitrogens is 1. The fourth-order valence-corrected chi connectivity index (χ4v) is 1.14. The molecule has 0 radical (unpaired) electrons. The highest BCUT2D eigenvalue weighted by Gasteiger charge is 2.05. The van der Waals surface area contributed by atoms with Gasteiger partial charge in [-0.1, -0.05) is 0 Å². The van der Waals surface area contributed by atoms with Crippen molar-refractivity contribution in [3.63, 3.8) is 0 Å². The molecule has 0 aromatic carbocycles. The summed E-state index contributed by atoms with van der Waals surface area (Å²) in [5.41, 5.74) is 6.35. The highest BCUT2D eigenvalue weighted by molar-refractivity contribution is 5.74. The van der Waals surface area contributed by atoms with E-state index >= 15 is 0 Å². The molecule has 0 aliphatic rings. The number of carbonyl (C=O) groups excluding carboxylic acids is 1. The van der Waals surface area contributed by atoms with Gasteiger partial charge in [-0.25, -0.2) is 4.98 Å². The third-order valence-electron chi connectivity index (χ3n) is 1.93. The standard InChI is InChI=1S/C10H12N4O/c1-7-2-4-13-10(8(7)6-11)14-5-3-9(12)15/h2,4H,3,5H2,1H3,(H2,12,15)(H,13,14). The SMILES string of the molecule is Cc1ccnc(NCCC(N)=O)c1C#N. The summed E-state index contributed by atoms with van der Waals surface area (Å²) in [6, 6.07) is 3.82. The molecule has 0 saturated carbocycles. The van der Waals surface area contributed by atoms with E-state index in [9.17, 15) is 4.79 Å². The summed E-state index contributed by atoms with van der Waals surface area (Å²) < 4.78 is 0. The number of amides is 1. The Bertz CT molecular complexity index is 408. The van der Waals surface area contributed by atoms with Gasteiger partial charge in [-0.15, -0.1) is 0 Å². The smallest absolute Gasteiger partial charge is 0.219 e. The zero-order valence-electron chi connectivity index (χ0n) is 8.45. The molecule has 1 amide bonds. The van der Waals surface area contributed by atoms with Crippen molar-refractivity contribution in [1.29, 1.82) is 5.26 Å². The maximum absolute atomic E-state index is 10.5. The van der Waals surface area contributed by atoms with Gasteiger partial charge in [0.05, 0.1) is 5.56 Å². The summed E-state index contributed by atoms with van der Waals surface area (Å²) in [6.45, 7) is 2.22. The Labute approximate surface area is 87.9 Å². The summed E-state index contributed by atoms with van der Waals surface area (Å²) in [6.07, 6.45) is 1.84. The Morgan fingerprint density at radius 1 is 1.73 bits per heavy atom. The molecule has 0 saturated heterocycles. The molecule has 1 aromatic heterocycles. The number of carbonyl (C=O) groups is 1. The van der Waals surface area contributed by atoms with Crippen molar-refractivity contribution in [2.75, 3.05) is 11.9 Å². The van der Waals surface area contributed by atoms with E-state index < -0.39 is 0 Å². The molecular formula is C10H12N4O. The molecule has 15 heavy (non-hydrogen) atoms. The van der Waals surface area contributed by atoms with Crippen molar-refractivity contribution in [3.8, 4) is 6.07 Å². The second-order valence-electron chi connectivity index (χ2n) is 3.11. The van der Waals surface area contributed by atoms with Crippen LogP contribution in [0.1, 0.15) is 17.5 Å². The van der Waals surface area contributed by atoms with Crippen LogP contribution in [0.25, 0.3) is 0 Å². The van der Waals surface area contributed by atoms with Crippen LogP contribution in [0.4, 0.5) is 5.82 Å². The predicted molar refractivity (Wildman–Crippen MR) is 56.0 cm³/mol. The predicted octanol–water partition coefficient (Wildman–Crippen LogP) is 0.549. The summed E-state index contributed by atoms with van der Waals surface area (Å²) in [5.74, 6) is 0.118. The fourth-order valence-electron chi connectivity index (χ4n) is 1.14. The van der Waals surface area contributed by atoms with Crippen molar-refractivity contribution < 1.29 is 4.79 Å². The summed E-state index contributed by atoms with van der Waals surface area (Å²) in [5, 5.41) is 11.8. The van der Waals surface area contributed by atoms with E-state index in [0.717, 1.165) is 5.56 Å². The molecular weight excluding hydrogens is 192 g/mol. The van der Waals surface area contributed by atoms with Gasteiger partial charge < -0.3 is 11.1 Å². The van der Waals surface area contributed by atoms with Gasteiger partial charge in [-0.2, -0.15) is 5.26 Å². The second kappa shape index (κ2) is 4.96. The molecule has 1 rings (SSSR count). The van der Waals surface area contributed by atoms with Crippen molar-refractivity contribution in [2.24, 2.45) is 5.73 Å². The number of hydrogen-bond acceptors (Lipinski definition) is 4. The van der Waals surface area contributed by atoms with Crippen LogP contribution in [0.2, 0.25) is 0 Å². The third-order valence-corrected chi connectivity index (χ3v) is 1.93. The van der Waals surface area contributed by atoms with Gasteiger partial charge in [0.2, 0.25) is 5.91 Å². The van der Waals surface area contributed by atoms with E-state index in [1.54, 1.807) is 12.3 Å². The van der Waals surface area contributed by atoms with Gasteiger partial charge in [0, 0.05) is 19.2 Å². The molecule has 0 spiro atoms. The molecule has 1 aromatic rings. The van der Waals surface area contributed by atoms with Crippen LogP contribution >= 0.6 is 0 Å². The van der Waals surface area contributed by atoms with E-state index in [4.69, 9.17) is 11.0 Å². The van der Waals surface area contributed by atoms with Gasteiger partial charge in [0.1, 0.15) is 11.9 Å². The monoisotopic (exact) mass is 204 g/mol. The fraction of sp³-hybridized carbons (Fsp3) is 0.300. The van der Waals surface area contributed by atoms with Crippen LogP contribution in [-0.4, -0.2) is 17.4 Å². The first-order valence-electron chi connectivity index (χ1n) is 4.53. The summed E-state index contributed by atoms with van der Waals surface area (Å²) in [7, 11) is 0. The first kappa shape index (κ1) is 11.0. The van der Waals surface area contributed by atoms with Crippen LogP contribution < -0.4 is 11.1 Å². The lowest BCUT2D eigenvalue weighted by atomic mass is 10.1. The number of aryl methyl sites for hydroxylation is 1. The number of nitrogens with one attached hydrogen (secondary N) is 1. The molecule has 0 fully saturated rings. The van der Waals surface area contributed by atoms with Gasteiger partial charge in [-0.05, 0) is 18.6 Å². The van der Waals surface area contributed by atoms with E-state index in [1.807, 2.05) is 6.92 Å². The van der Waals surface area contributed by atoms with Crippen LogP contribution in [0, 0.1) is 18.3 Å². The largest absolute Gasteiger partial charge is 0.370 e. The van der Waals surface area contributed by atoms with E-state index in [-0.39, 0.29) is 12.3 Å². The molecule has 0 aliphatic heterocycles. The molecule has 1 heterocycles. The minimum absolute atomic E-state index is 0.223. The number of nitrogens with two attached hydrogens (primary N) is 1. The molecule has 5 nitrogen and oxygen atoms in total. The molecule has 0 bridgehead atoms. The maximum atomic E-state index is 10.5. The van der Waals surface area contributed by atoms with Crippen molar-refractivity contribution in [3.05, 3.63) is 23.4 Å². The van der Waals surface area contributed by atoms with Crippen LogP contribution in [0.5, 0.6) is 0 Å². The Kier molecular flexibility index (Phi) is 3.63. The minimum atomic E-state index is -0.381.